The number of aliphatic hydroxyl groups excluding tert-OH is 1. The zero-order valence-electron chi connectivity index (χ0n) is 17.1. The van der Waals surface area contributed by atoms with E-state index in [1.54, 1.807) is 0 Å². The van der Waals surface area contributed by atoms with Gasteiger partial charge in [0, 0.05) is 5.41 Å². The number of rotatable bonds is 1. The lowest BCUT2D eigenvalue weighted by Gasteiger charge is -2.63. The summed E-state index contributed by atoms with van der Waals surface area (Å²) in [5.74, 6) is 1.13. The number of aliphatic hydroxyl groups is 3. The number of benzene rings is 1. The van der Waals surface area contributed by atoms with E-state index in [1.165, 1.54) is 0 Å². The van der Waals surface area contributed by atoms with Crippen molar-refractivity contribution in [3.8, 4) is 0 Å². The zero-order valence-corrected chi connectivity index (χ0v) is 17.1. The van der Waals surface area contributed by atoms with Crippen LogP contribution in [0.1, 0.15) is 64.4 Å². The monoisotopic (exact) mass is 382 g/mol. The SMILES string of the molecule is C[C@]12C=CC(O)CC1CC[C@@H]1[C@H]2CC[C@]2(C)C(O)(c3ccccc3)CC[C@@]12O. The fourth-order valence-corrected chi connectivity index (χ4v) is 7.95. The Bertz CT molecular complexity index is 790. The van der Waals surface area contributed by atoms with Gasteiger partial charge in [-0.1, -0.05) is 56.3 Å². The molecule has 0 spiro atoms. The molecule has 0 radical (unpaired) electrons. The summed E-state index contributed by atoms with van der Waals surface area (Å²) in [5, 5.41) is 34.2. The van der Waals surface area contributed by atoms with E-state index < -0.39 is 16.6 Å². The minimum absolute atomic E-state index is 0.0483. The molecular weight excluding hydrogens is 348 g/mol. The van der Waals surface area contributed by atoms with Crippen molar-refractivity contribution < 1.29 is 15.3 Å². The highest BCUT2D eigenvalue weighted by Crippen LogP contribution is 2.71. The predicted molar refractivity (Wildman–Crippen MR) is 109 cm³/mol. The maximum absolute atomic E-state index is 12.2. The highest BCUT2D eigenvalue weighted by atomic mass is 16.3. The third-order valence-corrected chi connectivity index (χ3v) is 9.75. The lowest BCUT2D eigenvalue weighted by atomic mass is 9.43. The van der Waals surface area contributed by atoms with Gasteiger partial charge in [-0.15, -0.1) is 0 Å². The molecule has 0 aliphatic heterocycles. The molecule has 0 aromatic heterocycles. The lowest BCUT2D eigenvalue weighted by Crippen LogP contribution is -2.64. The fraction of sp³-hybridized carbons (Fsp3) is 0.680. The standard InChI is InChI=1S/C25H34O3/c1-22-12-10-19(26)16-18(22)8-9-21-20(22)11-13-23(2)24(27,14-15-25(21,23)28)17-6-4-3-5-7-17/h3-7,10,12,18-21,26-28H,8-9,11,13-16H2,1-2H3/t18?,19?,20-,21-,22+,23-,24?,25-/m1/s1. The average Bonchev–Trinajstić information content (AvgIpc) is 2.91. The number of fused-ring (bicyclic) bond motifs is 5. The summed E-state index contributed by atoms with van der Waals surface area (Å²) >= 11 is 0. The molecule has 4 aliphatic carbocycles. The first-order valence-corrected chi connectivity index (χ1v) is 11.1. The fourth-order valence-electron chi connectivity index (χ4n) is 7.95. The van der Waals surface area contributed by atoms with E-state index in [1.807, 2.05) is 36.4 Å². The molecule has 0 amide bonds. The van der Waals surface area contributed by atoms with Crippen LogP contribution in [-0.4, -0.2) is 27.0 Å². The summed E-state index contributed by atoms with van der Waals surface area (Å²) in [6.45, 7) is 4.49. The van der Waals surface area contributed by atoms with Gasteiger partial charge in [-0.25, -0.2) is 0 Å². The molecule has 3 heteroatoms. The van der Waals surface area contributed by atoms with E-state index in [-0.39, 0.29) is 17.4 Å². The van der Waals surface area contributed by atoms with Crippen LogP contribution >= 0.6 is 0 Å². The first-order valence-electron chi connectivity index (χ1n) is 11.1. The van der Waals surface area contributed by atoms with Crippen LogP contribution in [0.5, 0.6) is 0 Å². The second kappa shape index (κ2) is 5.93. The summed E-state index contributed by atoms with van der Waals surface area (Å²) in [6.07, 6.45) is 10.00. The van der Waals surface area contributed by atoms with Crippen molar-refractivity contribution in [2.45, 2.75) is 76.1 Å². The molecule has 28 heavy (non-hydrogen) atoms. The van der Waals surface area contributed by atoms with Crippen molar-refractivity contribution in [3.63, 3.8) is 0 Å². The summed E-state index contributed by atoms with van der Waals surface area (Å²) in [6, 6.07) is 10.0. The predicted octanol–water partition coefficient (Wildman–Crippen LogP) is 4.17. The van der Waals surface area contributed by atoms with Gasteiger partial charge >= 0.3 is 0 Å². The molecule has 0 saturated heterocycles. The Morgan fingerprint density at radius 2 is 1.64 bits per heavy atom. The molecule has 1 aromatic rings. The summed E-state index contributed by atoms with van der Waals surface area (Å²) < 4.78 is 0. The first-order chi connectivity index (χ1) is 13.2. The van der Waals surface area contributed by atoms with Crippen LogP contribution in [0.3, 0.4) is 0 Å². The summed E-state index contributed by atoms with van der Waals surface area (Å²) in [4.78, 5) is 0. The van der Waals surface area contributed by atoms with E-state index in [9.17, 15) is 15.3 Å². The number of hydrogen-bond donors (Lipinski definition) is 3. The van der Waals surface area contributed by atoms with Gasteiger partial charge in [0.25, 0.3) is 0 Å². The maximum Gasteiger partial charge on any atom is 0.0978 e. The Labute approximate surface area is 168 Å². The van der Waals surface area contributed by atoms with Crippen LogP contribution in [-0.2, 0) is 5.60 Å². The van der Waals surface area contributed by atoms with Gasteiger partial charge in [0.15, 0.2) is 0 Å². The minimum Gasteiger partial charge on any atom is -0.389 e. The molecule has 5 rings (SSSR count). The Kier molecular flexibility index (Phi) is 3.99. The smallest absolute Gasteiger partial charge is 0.0978 e. The lowest BCUT2D eigenvalue weighted by molar-refractivity contribution is -0.229. The van der Waals surface area contributed by atoms with Crippen molar-refractivity contribution >= 4 is 0 Å². The van der Waals surface area contributed by atoms with Crippen molar-refractivity contribution in [1.29, 1.82) is 0 Å². The van der Waals surface area contributed by atoms with Gasteiger partial charge in [0.2, 0.25) is 0 Å². The van der Waals surface area contributed by atoms with Gasteiger partial charge in [-0.2, -0.15) is 0 Å². The van der Waals surface area contributed by atoms with Crippen molar-refractivity contribution in [3.05, 3.63) is 48.0 Å². The normalized spacial score (nSPS) is 52.6. The van der Waals surface area contributed by atoms with E-state index in [4.69, 9.17) is 0 Å². The van der Waals surface area contributed by atoms with E-state index in [0.29, 0.717) is 24.7 Å². The topological polar surface area (TPSA) is 60.7 Å². The molecule has 3 N–H and O–H groups in total. The first kappa shape index (κ1) is 18.8. The Hall–Kier alpha value is -1.16. The summed E-state index contributed by atoms with van der Waals surface area (Å²) in [5.41, 5.74) is -1.33. The Morgan fingerprint density at radius 3 is 2.39 bits per heavy atom. The third-order valence-electron chi connectivity index (χ3n) is 9.75. The molecular formula is C25H34O3. The molecule has 4 aliphatic rings. The average molecular weight is 383 g/mol. The van der Waals surface area contributed by atoms with E-state index >= 15 is 0 Å². The van der Waals surface area contributed by atoms with E-state index in [2.05, 4.69) is 19.9 Å². The molecule has 3 unspecified atom stereocenters. The van der Waals surface area contributed by atoms with Crippen molar-refractivity contribution in [2.24, 2.45) is 28.6 Å². The van der Waals surface area contributed by atoms with Crippen LogP contribution in [0.25, 0.3) is 0 Å². The van der Waals surface area contributed by atoms with Gasteiger partial charge < -0.3 is 15.3 Å². The highest BCUT2D eigenvalue weighted by molar-refractivity contribution is 5.33. The molecule has 0 heterocycles. The molecule has 0 bridgehead atoms. The van der Waals surface area contributed by atoms with Gasteiger partial charge in [0.1, 0.15) is 0 Å². The Morgan fingerprint density at radius 1 is 0.893 bits per heavy atom. The highest BCUT2D eigenvalue weighted by Gasteiger charge is 2.71. The number of allylic oxidation sites excluding steroid dienone is 1. The molecule has 3 saturated carbocycles. The van der Waals surface area contributed by atoms with Crippen LogP contribution in [0, 0.1) is 28.6 Å². The van der Waals surface area contributed by atoms with Crippen molar-refractivity contribution in [2.75, 3.05) is 0 Å². The van der Waals surface area contributed by atoms with Gasteiger partial charge in [-0.3, -0.25) is 0 Å². The van der Waals surface area contributed by atoms with Gasteiger partial charge in [-0.05, 0) is 73.7 Å². The van der Waals surface area contributed by atoms with Crippen LogP contribution < -0.4 is 0 Å². The molecule has 152 valence electrons. The second-order valence-electron chi connectivity index (χ2n) is 10.5. The second-order valence-corrected chi connectivity index (χ2v) is 10.5. The maximum atomic E-state index is 12.2. The van der Waals surface area contributed by atoms with Gasteiger partial charge in [0.05, 0.1) is 17.3 Å². The van der Waals surface area contributed by atoms with Crippen molar-refractivity contribution in [1.82, 2.24) is 0 Å². The molecule has 1 aromatic carbocycles. The molecule has 3 nitrogen and oxygen atoms in total. The van der Waals surface area contributed by atoms with Crippen LogP contribution in [0.4, 0.5) is 0 Å². The Balaban J connectivity index is 1.55. The molecule has 3 fully saturated rings. The third kappa shape index (κ3) is 2.16. The van der Waals surface area contributed by atoms with E-state index in [0.717, 1.165) is 37.7 Å². The summed E-state index contributed by atoms with van der Waals surface area (Å²) in [7, 11) is 0. The largest absolute Gasteiger partial charge is 0.389 e. The molecule has 8 atom stereocenters. The quantitative estimate of drug-likeness (QED) is 0.639. The van der Waals surface area contributed by atoms with Crippen LogP contribution in [0.15, 0.2) is 42.5 Å². The number of hydrogen-bond acceptors (Lipinski definition) is 3. The van der Waals surface area contributed by atoms with Crippen LogP contribution in [0.2, 0.25) is 0 Å². The minimum atomic E-state index is -0.968. The zero-order chi connectivity index (χ0) is 19.8.